The molecule has 4 rings (SSSR count). The van der Waals surface area contributed by atoms with Gasteiger partial charge in [-0.05, 0) is 55.0 Å². The average Bonchev–Trinajstić information content (AvgIpc) is 3.17. The zero-order valence-corrected chi connectivity index (χ0v) is 20.0. The number of carbonyl (C=O) groups excluding carboxylic acids is 1. The van der Waals surface area contributed by atoms with Gasteiger partial charge in [-0.1, -0.05) is 30.4 Å². The molecule has 164 valence electrons. The maximum Gasteiger partial charge on any atom is 0.261 e. The Morgan fingerprint density at radius 3 is 2.71 bits per heavy atom. The van der Waals surface area contributed by atoms with E-state index in [1.807, 2.05) is 29.2 Å². The molecule has 3 aromatic rings. The highest BCUT2D eigenvalue weighted by molar-refractivity contribution is 7.99. The molecule has 0 N–H and O–H groups in total. The topological polar surface area (TPSA) is 45.7 Å². The number of aromatic nitrogens is 1. The van der Waals surface area contributed by atoms with E-state index >= 15 is 0 Å². The highest BCUT2D eigenvalue weighted by Gasteiger charge is 2.24. The van der Waals surface area contributed by atoms with Gasteiger partial charge in [-0.15, -0.1) is 11.8 Å². The molecule has 7 heteroatoms. The quantitative estimate of drug-likeness (QED) is 0.469. The van der Waals surface area contributed by atoms with Gasteiger partial charge in [0.1, 0.15) is 0 Å². The molecule has 5 nitrogen and oxygen atoms in total. The van der Waals surface area contributed by atoms with Crippen LogP contribution >= 0.6 is 23.1 Å². The molecule has 0 radical (unpaired) electrons. The molecule has 31 heavy (non-hydrogen) atoms. The Bertz CT molecular complexity index is 1020. The predicted octanol–water partition coefficient (Wildman–Crippen LogP) is 5.00. The van der Waals surface area contributed by atoms with Crippen molar-refractivity contribution in [3.63, 3.8) is 0 Å². The van der Waals surface area contributed by atoms with Crippen LogP contribution in [0.2, 0.25) is 0 Å². The summed E-state index contributed by atoms with van der Waals surface area (Å²) in [5.74, 6) is 0.954. The number of carbonyl (C=O) groups is 1. The van der Waals surface area contributed by atoms with Crippen LogP contribution in [0, 0.1) is 13.8 Å². The molecule has 1 fully saturated rings. The first-order chi connectivity index (χ1) is 15.1. The monoisotopic (exact) mass is 455 g/mol. The van der Waals surface area contributed by atoms with Gasteiger partial charge in [0.05, 0.1) is 29.0 Å². The summed E-state index contributed by atoms with van der Waals surface area (Å²) in [5, 5.41) is 0.773. The zero-order valence-electron chi connectivity index (χ0n) is 18.4. The van der Waals surface area contributed by atoms with Crippen LogP contribution in [0.4, 0.5) is 5.13 Å². The molecule has 1 aromatic heterocycles. The number of morpholine rings is 1. The van der Waals surface area contributed by atoms with Gasteiger partial charge in [0.2, 0.25) is 0 Å². The van der Waals surface area contributed by atoms with E-state index < -0.39 is 0 Å². The summed E-state index contributed by atoms with van der Waals surface area (Å²) in [6.07, 6.45) is 0. The Balaban J connectivity index is 1.68. The number of thiazole rings is 1. The van der Waals surface area contributed by atoms with Crippen LogP contribution in [0.15, 0.2) is 41.3 Å². The smallest absolute Gasteiger partial charge is 0.261 e. The number of amides is 1. The van der Waals surface area contributed by atoms with Crippen molar-refractivity contribution in [1.29, 1.82) is 0 Å². The number of nitrogens with zero attached hydrogens (tertiary/aromatic N) is 3. The number of benzene rings is 2. The summed E-state index contributed by atoms with van der Waals surface area (Å²) in [6.45, 7) is 11.1. The Labute approximate surface area is 192 Å². The summed E-state index contributed by atoms with van der Waals surface area (Å²) in [5.41, 5.74) is 4.19. The maximum absolute atomic E-state index is 13.8. The van der Waals surface area contributed by atoms with Gasteiger partial charge >= 0.3 is 0 Å². The van der Waals surface area contributed by atoms with Gasteiger partial charge in [-0.3, -0.25) is 14.6 Å². The average molecular weight is 456 g/mol. The van der Waals surface area contributed by atoms with Gasteiger partial charge in [-0.25, -0.2) is 4.98 Å². The highest BCUT2D eigenvalue weighted by atomic mass is 32.2. The van der Waals surface area contributed by atoms with Gasteiger partial charge in [0, 0.05) is 31.1 Å². The van der Waals surface area contributed by atoms with E-state index in [1.54, 1.807) is 23.1 Å². The number of aryl methyl sites for hydroxylation is 2. The molecule has 0 saturated carbocycles. The van der Waals surface area contributed by atoms with E-state index in [4.69, 9.17) is 9.72 Å². The zero-order chi connectivity index (χ0) is 21.8. The number of hydrogen-bond acceptors (Lipinski definition) is 6. The third kappa shape index (κ3) is 5.12. The maximum atomic E-state index is 13.8. The minimum atomic E-state index is 0.0253. The Kier molecular flexibility index (Phi) is 7.27. The molecule has 1 amide bonds. The minimum Gasteiger partial charge on any atom is -0.379 e. The molecule has 1 aliphatic rings. The third-order valence-electron chi connectivity index (χ3n) is 5.63. The van der Waals surface area contributed by atoms with E-state index in [1.165, 1.54) is 11.1 Å². The summed E-state index contributed by atoms with van der Waals surface area (Å²) >= 11 is 3.31. The molecular weight excluding hydrogens is 426 g/mol. The van der Waals surface area contributed by atoms with Gasteiger partial charge in [-0.2, -0.15) is 0 Å². The molecule has 0 unspecified atom stereocenters. The molecule has 1 aliphatic heterocycles. The number of fused-ring (bicyclic) bond motifs is 1. The van der Waals surface area contributed by atoms with Crippen LogP contribution in [0.3, 0.4) is 0 Å². The van der Waals surface area contributed by atoms with Crippen molar-refractivity contribution in [3.05, 3.63) is 53.1 Å². The number of hydrogen-bond donors (Lipinski definition) is 0. The normalized spacial score (nSPS) is 14.8. The van der Waals surface area contributed by atoms with Crippen molar-refractivity contribution in [2.24, 2.45) is 0 Å². The minimum absolute atomic E-state index is 0.0253. The van der Waals surface area contributed by atoms with Crippen molar-refractivity contribution in [1.82, 2.24) is 9.88 Å². The number of ether oxygens (including phenoxy) is 1. The first-order valence-corrected chi connectivity index (χ1v) is 12.6. The molecule has 0 bridgehead atoms. The van der Waals surface area contributed by atoms with Crippen molar-refractivity contribution < 1.29 is 9.53 Å². The van der Waals surface area contributed by atoms with Crippen LogP contribution in [0.5, 0.6) is 0 Å². The molecule has 1 saturated heterocycles. The Hall–Kier alpha value is -1.93. The number of thioether (sulfide) groups is 1. The second-order valence-electron chi connectivity index (χ2n) is 7.74. The second-order valence-corrected chi connectivity index (χ2v) is 10.1. The lowest BCUT2D eigenvalue weighted by Gasteiger charge is -2.29. The Morgan fingerprint density at radius 2 is 1.94 bits per heavy atom. The molecule has 0 spiro atoms. The van der Waals surface area contributed by atoms with Crippen molar-refractivity contribution in [2.75, 3.05) is 50.0 Å². The van der Waals surface area contributed by atoms with Crippen molar-refractivity contribution in [2.45, 2.75) is 25.7 Å². The molecular formula is C24H29N3O2S2. The second kappa shape index (κ2) is 10.1. The van der Waals surface area contributed by atoms with E-state index in [2.05, 4.69) is 37.8 Å². The van der Waals surface area contributed by atoms with E-state index in [0.717, 1.165) is 64.4 Å². The van der Waals surface area contributed by atoms with E-state index in [-0.39, 0.29) is 5.91 Å². The molecule has 2 heterocycles. The summed E-state index contributed by atoms with van der Waals surface area (Å²) in [4.78, 5) is 23.9. The van der Waals surface area contributed by atoms with Crippen LogP contribution in [-0.4, -0.2) is 60.9 Å². The summed E-state index contributed by atoms with van der Waals surface area (Å²) in [6, 6.07) is 12.2. The molecule has 0 aliphatic carbocycles. The summed E-state index contributed by atoms with van der Waals surface area (Å²) < 4.78 is 6.60. The first-order valence-electron chi connectivity index (χ1n) is 10.8. The molecule has 2 aromatic carbocycles. The molecule has 0 atom stereocenters. The fourth-order valence-electron chi connectivity index (χ4n) is 3.70. The highest BCUT2D eigenvalue weighted by Crippen LogP contribution is 2.33. The van der Waals surface area contributed by atoms with Gasteiger partial charge in [0.25, 0.3) is 5.91 Å². The third-order valence-corrected chi connectivity index (χ3v) is 7.63. The lowest BCUT2D eigenvalue weighted by atomic mass is 10.1. The van der Waals surface area contributed by atoms with Crippen molar-refractivity contribution >= 4 is 44.4 Å². The SMILES string of the molecule is CCSc1ccccc1C(=O)N(CCN1CCOCC1)c1nc2cc(C)c(C)cc2s1. The lowest BCUT2D eigenvalue weighted by Crippen LogP contribution is -2.43. The largest absolute Gasteiger partial charge is 0.379 e. The van der Waals surface area contributed by atoms with Gasteiger partial charge in [0.15, 0.2) is 5.13 Å². The van der Waals surface area contributed by atoms with Crippen LogP contribution in [0.25, 0.3) is 10.2 Å². The van der Waals surface area contributed by atoms with Crippen LogP contribution in [-0.2, 0) is 4.74 Å². The number of rotatable bonds is 7. The predicted molar refractivity (Wildman–Crippen MR) is 131 cm³/mol. The Morgan fingerprint density at radius 1 is 1.19 bits per heavy atom. The van der Waals surface area contributed by atoms with Gasteiger partial charge < -0.3 is 4.74 Å². The fraction of sp³-hybridized carbons (Fsp3) is 0.417. The standard InChI is InChI=1S/C24H29N3O2S2/c1-4-30-21-8-6-5-7-19(21)23(28)27(10-9-26-11-13-29-14-12-26)24-25-20-15-17(2)18(3)16-22(20)31-24/h5-8,15-16H,4,9-14H2,1-3H3. The number of anilines is 1. The summed E-state index contributed by atoms with van der Waals surface area (Å²) in [7, 11) is 0. The van der Waals surface area contributed by atoms with Crippen LogP contribution < -0.4 is 4.90 Å². The van der Waals surface area contributed by atoms with E-state index in [9.17, 15) is 4.79 Å². The first kappa shape index (κ1) is 22.3. The van der Waals surface area contributed by atoms with Crippen LogP contribution in [0.1, 0.15) is 28.4 Å². The van der Waals surface area contributed by atoms with Crippen molar-refractivity contribution in [3.8, 4) is 0 Å². The van der Waals surface area contributed by atoms with E-state index in [0.29, 0.717) is 6.54 Å². The lowest BCUT2D eigenvalue weighted by molar-refractivity contribution is 0.0391. The fourth-order valence-corrected chi connectivity index (χ4v) is 5.57.